The summed E-state index contributed by atoms with van der Waals surface area (Å²) in [4.78, 5) is 10.5. The lowest BCUT2D eigenvalue weighted by molar-refractivity contribution is 0.249. The molecule has 2 rings (SSSR count). The molecule has 1 aliphatic carbocycles. The summed E-state index contributed by atoms with van der Waals surface area (Å²) in [5.41, 5.74) is 14.2. The Balaban J connectivity index is 1.87. The lowest BCUT2D eigenvalue weighted by Gasteiger charge is -2.14. The minimum absolute atomic E-state index is 0.361. The molecule has 0 aliphatic heterocycles. The summed E-state index contributed by atoms with van der Waals surface area (Å²) in [5, 5.41) is 5.96. The lowest BCUT2D eigenvalue weighted by atomic mass is 10.1. The third-order valence-corrected chi connectivity index (χ3v) is 3.06. The molecule has 1 aromatic carbocycles. The quantitative estimate of drug-likeness (QED) is 0.452. The summed E-state index contributed by atoms with van der Waals surface area (Å²) in [6, 6.07) is 5.93. The molecule has 1 aromatic rings. The zero-order valence-corrected chi connectivity index (χ0v) is 9.70. The maximum absolute atomic E-state index is 10.5. The molecule has 0 aromatic heterocycles. The van der Waals surface area contributed by atoms with Crippen LogP contribution >= 0.6 is 0 Å². The molecule has 0 saturated carbocycles. The lowest BCUT2D eigenvalue weighted by Crippen LogP contribution is -2.36. The van der Waals surface area contributed by atoms with Crippen molar-refractivity contribution in [3.05, 3.63) is 29.3 Å². The molecule has 1 unspecified atom stereocenters. The number of amides is 2. The van der Waals surface area contributed by atoms with E-state index in [0.717, 1.165) is 25.1 Å². The Morgan fingerprint density at radius 3 is 3.00 bits per heavy atom. The Morgan fingerprint density at radius 2 is 2.24 bits per heavy atom. The number of fused-ring (bicyclic) bond motifs is 1. The third kappa shape index (κ3) is 2.88. The van der Waals surface area contributed by atoms with Gasteiger partial charge in [-0.25, -0.2) is 4.79 Å². The summed E-state index contributed by atoms with van der Waals surface area (Å²) in [6.07, 6.45) is 2.14. The van der Waals surface area contributed by atoms with Crippen LogP contribution in [0, 0.1) is 0 Å². The molecule has 0 radical (unpaired) electrons. The van der Waals surface area contributed by atoms with Crippen LogP contribution in [0.2, 0.25) is 0 Å². The number of carbonyl (C=O) groups is 1. The number of urea groups is 1. The van der Waals surface area contributed by atoms with E-state index in [0.29, 0.717) is 12.6 Å². The van der Waals surface area contributed by atoms with Gasteiger partial charge in [-0.05, 0) is 36.1 Å². The summed E-state index contributed by atoms with van der Waals surface area (Å²) in [5.74, 6) is 0. The molecule has 1 atom stereocenters. The van der Waals surface area contributed by atoms with Gasteiger partial charge < -0.3 is 22.1 Å². The van der Waals surface area contributed by atoms with Crippen molar-refractivity contribution in [3.8, 4) is 0 Å². The zero-order chi connectivity index (χ0) is 12.3. The van der Waals surface area contributed by atoms with E-state index < -0.39 is 6.03 Å². The van der Waals surface area contributed by atoms with Crippen LogP contribution in [0.4, 0.5) is 10.5 Å². The first-order chi connectivity index (χ1) is 8.16. The first kappa shape index (κ1) is 11.7. The van der Waals surface area contributed by atoms with Gasteiger partial charge in [-0.3, -0.25) is 0 Å². The number of hydrogen-bond donors (Lipinski definition) is 4. The number of aryl methyl sites for hydroxylation is 1. The monoisotopic (exact) mass is 234 g/mol. The molecule has 5 nitrogen and oxygen atoms in total. The number of nitrogen functional groups attached to an aromatic ring is 1. The van der Waals surface area contributed by atoms with Crippen LogP contribution in [0.15, 0.2) is 18.2 Å². The van der Waals surface area contributed by atoms with Gasteiger partial charge in [-0.1, -0.05) is 6.07 Å². The van der Waals surface area contributed by atoms with Crippen LogP contribution in [-0.2, 0) is 6.42 Å². The number of hydrogen-bond acceptors (Lipinski definition) is 3. The van der Waals surface area contributed by atoms with Crippen molar-refractivity contribution < 1.29 is 4.79 Å². The Kier molecular flexibility index (Phi) is 3.49. The number of carbonyl (C=O) groups excluding carboxylic acids is 1. The van der Waals surface area contributed by atoms with Crippen LogP contribution in [0.1, 0.15) is 23.6 Å². The van der Waals surface area contributed by atoms with Gasteiger partial charge in [0.1, 0.15) is 0 Å². The summed E-state index contributed by atoms with van der Waals surface area (Å²) in [7, 11) is 0. The maximum Gasteiger partial charge on any atom is 0.312 e. The number of nitrogens with two attached hydrogens (primary N) is 2. The van der Waals surface area contributed by atoms with Gasteiger partial charge >= 0.3 is 6.03 Å². The smallest absolute Gasteiger partial charge is 0.312 e. The molecule has 6 N–H and O–H groups in total. The van der Waals surface area contributed by atoms with Crippen molar-refractivity contribution in [1.29, 1.82) is 0 Å². The predicted octanol–water partition coefficient (Wildman–Crippen LogP) is 0.514. The van der Waals surface area contributed by atoms with E-state index in [-0.39, 0.29) is 0 Å². The molecule has 0 fully saturated rings. The van der Waals surface area contributed by atoms with Crippen molar-refractivity contribution in [1.82, 2.24) is 10.6 Å². The van der Waals surface area contributed by atoms with Crippen LogP contribution < -0.4 is 22.1 Å². The molecular formula is C12H18N4O. The highest BCUT2D eigenvalue weighted by Crippen LogP contribution is 2.31. The van der Waals surface area contributed by atoms with Gasteiger partial charge in [0.2, 0.25) is 0 Å². The van der Waals surface area contributed by atoms with E-state index >= 15 is 0 Å². The van der Waals surface area contributed by atoms with Gasteiger partial charge in [0.25, 0.3) is 0 Å². The minimum atomic E-state index is -0.480. The molecule has 5 heteroatoms. The van der Waals surface area contributed by atoms with E-state index in [1.54, 1.807) is 0 Å². The Morgan fingerprint density at radius 1 is 1.41 bits per heavy atom. The normalized spacial score (nSPS) is 17.8. The number of nitrogens with one attached hydrogen (secondary N) is 2. The van der Waals surface area contributed by atoms with Crippen LogP contribution in [-0.4, -0.2) is 19.1 Å². The molecule has 0 bridgehead atoms. The van der Waals surface area contributed by atoms with Gasteiger partial charge in [0, 0.05) is 24.8 Å². The average molecular weight is 234 g/mol. The second-order valence-electron chi connectivity index (χ2n) is 4.29. The topological polar surface area (TPSA) is 93.2 Å². The van der Waals surface area contributed by atoms with Crippen LogP contribution in [0.25, 0.3) is 0 Å². The van der Waals surface area contributed by atoms with Crippen molar-refractivity contribution in [2.45, 2.75) is 18.9 Å². The van der Waals surface area contributed by atoms with Gasteiger partial charge in [0.15, 0.2) is 0 Å². The van der Waals surface area contributed by atoms with Crippen molar-refractivity contribution in [2.75, 3.05) is 18.8 Å². The van der Waals surface area contributed by atoms with E-state index in [2.05, 4.69) is 16.7 Å². The summed E-state index contributed by atoms with van der Waals surface area (Å²) >= 11 is 0. The van der Waals surface area contributed by atoms with E-state index in [1.165, 1.54) is 11.1 Å². The van der Waals surface area contributed by atoms with E-state index in [1.807, 2.05) is 12.1 Å². The molecule has 92 valence electrons. The summed E-state index contributed by atoms with van der Waals surface area (Å²) < 4.78 is 0. The van der Waals surface area contributed by atoms with E-state index in [4.69, 9.17) is 11.5 Å². The van der Waals surface area contributed by atoms with Crippen LogP contribution in [0.3, 0.4) is 0 Å². The molecule has 0 spiro atoms. The maximum atomic E-state index is 10.5. The van der Waals surface area contributed by atoms with Crippen molar-refractivity contribution >= 4 is 11.7 Å². The van der Waals surface area contributed by atoms with E-state index in [9.17, 15) is 4.79 Å². The van der Waals surface area contributed by atoms with Gasteiger partial charge in [0.05, 0.1) is 0 Å². The van der Waals surface area contributed by atoms with Crippen molar-refractivity contribution in [2.24, 2.45) is 5.73 Å². The van der Waals surface area contributed by atoms with Gasteiger partial charge in [-0.15, -0.1) is 0 Å². The largest absolute Gasteiger partial charge is 0.399 e. The molecule has 2 amide bonds. The molecule has 0 saturated heterocycles. The molecule has 0 heterocycles. The average Bonchev–Trinajstić information content (AvgIpc) is 2.66. The fourth-order valence-electron chi connectivity index (χ4n) is 2.28. The highest BCUT2D eigenvalue weighted by Gasteiger charge is 2.21. The fourth-order valence-corrected chi connectivity index (χ4v) is 2.28. The second kappa shape index (κ2) is 5.05. The van der Waals surface area contributed by atoms with Gasteiger partial charge in [-0.2, -0.15) is 0 Å². The number of benzene rings is 1. The highest BCUT2D eigenvalue weighted by atomic mass is 16.2. The number of anilines is 1. The number of primary amides is 1. The SMILES string of the molecule is NC(=O)NCCNC1CCc2cc(N)ccc21. The molecular weight excluding hydrogens is 216 g/mol. The van der Waals surface area contributed by atoms with Crippen molar-refractivity contribution in [3.63, 3.8) is 0 Å². The molecule has 17 heavy (non-hydrogen) atoms. The highest BCUT2D eigenvalue weighted by molar-refractivity contribution is 5.71. The zero-order valence-electron chi connectivity index (χ0n) is 9.70. The number of rotatable bonds is 4. The Bertz CT molecular complexity index is 419. The first-order valence-electron chi connectivity index (χ1n) is 5.82. The standard InChI is InChI=1S/C12H18N4O/c13-9-2-3-10-8(7-9)1-4-11(10)15-5-6-16-12(14)17/h2-3,7,11,15H,1,4-6,13H2,(H3,14,16,17). The predicted molar refractivity (Wildman–Crippen MR) is 67.5 cm³/mol. The van der Waals surface area contributed by atoms with Crippen LogP contribution in [0.5, 0.6) is 0 Å². The second-order valence-corrected chi connectivity index (χ2v) is 4.29. The summed E-state index contributed by atoms with van der Waals surface area (Å²) in [6.45, 7) is 1.27. The first-order valence-corrected chi connectivity index (χ1v) is 5.82. The third-order valence-electron chi connectivity index (χ3n) is 3.06. The Labute approximate surface area is 101 Å². The Hall–Kier alpha value is -1.75. The minimum Gasteiger partial charge on any atom is -0.399 e. The fraction of sp³-hybridized carbons (Fsp3) is 0.417. The molecule has 1 aliphatic rings.